The minimum Gasteiger partial charge on any atom is -0.491 e. The molecule has 0 fully saturated rings. The normalized spacial score (nSPS) is 11.9. The lowest BCUT2D eigenvalue weighted by Crippen LogP contribution is -2.14. The zero-order valence-corrected chi connectivity index (χ0v) is 11.0. The first-order chi connectivity index (χ1) is 8.54. The average molecular weight is 252 g/mol. The molecule has 0 aliphatic rings. The van der Waals surface area contributed by atoms with Gasteiger partial charge in [0.05, 0.1) is 12.7 Å². The van der Waals surface area contributed by atoms with Gasteiger partial charge in [0, 0.05) is 5.56 Å². The van der Waals surface area contributed by atoms with Crippen LogP contribution in [-0.4, -0.2) is 30.4 Å². The Morgan fingerprint density at radius 2 is 2.11 bits per heavy atom. The molecular weight excluding hydrogens is 232 g/mol. The van der Waals surface area contributed by atoms with Crippen LogP contribution in [0.3, 0.4) is 0 Å². The van der Waals surface area contributed by atoms with Crippen LogP contribution in [0.5, 0.6) is 5.75 Å². The maximum Gasteiger partial charge on any atom is 0.170 e. The van der Waals surface area contributed by atoms with Gasteiger partial charge < -0.3 is 20.4 Å². The van der Waals surface area contributed by atoms with Crippen LogP contribution in [0, 0.1) is 6.92 Å². The number of hydrogen-bond donors (Lipinski definition) is 2. The number of oxime groups is 1. The molecule has 0 spiro atoms. The first kappa shape index (κ1) is 14.3. The zero-order valence-electron chi connectivity index (χ0n) is 11.0. The number of hydrogen-bond acceptors (Lipinski definition) is 4. The van der Waals surface area contributed by atoms with Crippen molar-refractivity contribution in [2.75, 3.05) is 13.2 Å². The fraction of sp³-hybridized carbons (Fsp3) is 0.462. The summed E-state index contributed by atoms with van der Waals surface area (Å²) in [6, 6.07) is 5.37. The molecule has 100 valence electrons. The molecule has 0 amide bonds. The molecular formula is C13H20N2O3. The van der Waals surface area contributed by atoms with Gasteiger partial charge in [-0.05, 0) is 44.5 Å². The van der Waals surface area contributed by atoms with Crippen molar-refractivity contribution >= 4 is 5.84 Å². The van der Waals surface area contributed by atoms with E-state index < -0.39 is 0 Å². The molecule has 0 aliphatic heterocycles. The number of aryl methyl sites for hydroxylation is 1. The third kappa shape index (κ3) is 4.25. The lowest BCUT2D eigenvalue weighted by atomic mass is 10.1. The van der Waals surface area contributed by atoms with Gasteiger partial charge in [0.1, 0.15) is 12.4 Å². The van der Waals surface area contributed by atoms with E-state index in [1.807, 2.05) is 26.8 Å². The van der Waals surface area contributed by atoms with E-state index in [0.717, 1.165) is 11.3 Å². The smallest absolute Gasteiger partial charge is 0.170 e. The largest absolute Gasteiger partial charge is 0.491 e. The third-order valence-electron chi connectivity index (χ3n) is 2.37. The van der Waals surface area contributed by atoms with Gasteiger partial charge in [-0.15, -0.1) is 0 Å². The lowest BCUT2D eigenvalue weighted by Gasteiger charge is -2.11. The van der Waals surface area contributed by atoms with Crippen molar-refractivity contribution in [2.45, 2.75) is 26.9 Å². The molecule has 0 aromatic heterocycles. The Kier molecular flexibility index (Phi) is 5.45. The van der Waals surface area contributed by atoms with Crippen LogP contribution in [0.4, 0.5) is 0 Å². The highest BCUT2D eigenvalue weighted by Crippen LogP contribution is 2.19. The van der Waals surface area contributed by atoms with Gasteiger partial charge in [-0.2, -0.15) is 0 Å². The van der Waals surface area contributed by atoms with Crippen LogP contribution in [-0.2, 0) is 4.74 Å². The Bertz CT molecular complexity index is 417. The highest BCUT2D eigenvalue weighted by atomic mass is 16.5. The van der Waals surface area contributed by atoms with Crippen LogP contribution in [0.25, 0.3) is 0 Å². The summed E-state index contributed by atoms with van der Waals surface area (Å²) in [5.41, 5.74) is 7.11. The fourth-order valence-electron chi connectivity index (χ4n) is 1.46. The van der Waals surface area contributed by atoms with Gasteiger partial charge in [0.25, 0.3) is 0 Å². The van der Waals surface area contributed by atoms with E-state index in [1.54, 1.807) is 12.1 Å². The van der Waals surface area contributed by atoms with Gasteiger partial charge in [-0.25, -0.2) is 0 Å². The van der Waals surface area contributed by atoms with Crippen molar-refractivity contribution in [3.63, 3.8) is 0 Å². The second kappa shape index (κ2) is 6.86. The molecule has 1 aromatic carbocycles. The van der Waals surface area contributed by atoms with E-state index in [2.05, 4.69) is 5.16 Å². The van der Waals surface area contributed by atoms with Gasteiger partial charge in [-0.1, -0.05) is 5.16 Å². The maximum atomic E-state index is 8.59. The summed E-state index contributed by atoms with van der Waals surface area (Å²) >= 11 is 0. The molecule has 0 bridgehead atoms. The predicted octanol–water partition coefficient (Wildman–Crippen LogP) is 1.89. The van der Waals surface area contributed by atoms with Crippen molar-refractivity contribution in [2.24, 2.45) is 10.9 Å². The van der Waals surface area contributed by atoms with Gasteiger partial charge in [-0.3, -0.25) is 0 Å². The zero-order chi connectivity index (χ0) is 13.5. The molecule has 1 rings (SSSR count). The van der Waals surface area contributed by atoms with Gasteiger partial charge in [0.2, 0.25) is 0 Å². The average Bonchev–Trinajstić information content (AvgIpc) is 2.34. The van der Waals surface area contributed by atoms with Gasteiger partial charge >= 0.3 is 0 Å². The van der Waals surface area contributed by atoms with Crippen molar-refractivity contribution in [1.29, 1.82) is 0 Å². The number of nitrogens with zero attached hydrogens (tertiary/aromatic N) is 1. The fourth-order valence-corrected chi connectivity index (χ4v) is 1.46. The minimum absolute atomic E-state index is 0.0905. The predicted molar refractivity (Wildman–Crippen MR) is 70.3 cm³/mol. The Hall–Kier alpha value is -1.75. The van der Waals surface area contributed by atoms with Gasteiger partial charge in [0.15, 0.2) is 5.84 Å². The first-order valence-electron chi connectivity index (χ1n) is 5.87. The van der Waals surface area contributed by atoms with E-state index in [0.29, 0.717) is 18.8 Å². The highest BCUT2D eigenvalue weighted by molar-refractivity contribution is 5.97. The number of rotatable bonds is 6. The SMILES string of the molecule is Cc1cc(/C(N)=N/O)ccc1OCCOC(C)C. The summed E-state index contributed by atoms with van der Waals surface area (Å²) in [6.45, 7) is 6.93. The van der Waals surface area contributed by atoms with E-state index in [-0.39, 0.29) is 11.9 Å². The minimum atomic E-state index is 0.0905. The number of ether oxygens (including phenoxy) is 2. The molecule has 1 aromatic rings. The molecule has 0 unspecified atom stereocenters. The molecule has 0 atom stereocenters. The summed E-state index contributed by atoms with van der Waals surface area (Å²) in [6.07, 6.45) is 0.206. The molecule has 0 aliphatic carbocycles. The second-order valence-corrected chi connectivity index (χ2v) is 4.23. The van der Waals surface area contributed by atoms with Crippen LogP contribution >= 0.6 is 0 Å². The molecule has 3 N–H and O–H groups in total. The standard InChI is InChI=1S/C13H20N2O3/c1-9(2)17-6-7-18-12-5-4-11(8-10(12)3)13(14)15-16/h4-5,8-9,16H,6-7H2,1-3H3,(H2,14,15). The summed E-state index contributed by atoms with van der Waals surface area (Å²) in [5, 5.41) is 11.5. The second-order valence-electron chi connectivity index (χ2n) is 4.23. The molecule has 0 saturated carbocycles. The number of amidine groups is 1. The molecule has 0 saturated heterocycles. The highest BCUT2D eigenvalue weighted by Gasteiger charge is 2.04. The monoisotopic (exact) mass is 252 g/mol. The summed E-state index contributed by atoms with van der Waals surface area (Å²) in [7, 11) is 0. The van der Waals surface area contributed by atoms with E-state index >= 15 is 0 Å². The van der Waals surface area contributed by atoms with Crippen molar-refractivity contribution in [3.05, 3.63) is 29.3 Å². The molecule has 18 heavy (non-hydrogen) atoms. The third-order valence-corrected chi connectivity index (χ3v) is 2.37. The van der Waals surface area contributed by atoms with Crippen molar-refractivity contribution < 1.29 is 14.7 Å². The number of benzene rings is 1. The molecule has 5 heteroatoms. The maximum absolute atomic E-state index is 8.59. The Morgan fingerprint density at radius 3 is 2.67 bits per heavy atom. The summed E-state index contributed by atoms with van der Waals surface area (Å²) in [4.78, 5) is 0. The lowest BCUT2D eigenvalue weighted by molar-refractivity contribution is 0.0551. The Morgan fingerprint density at radius 1 is 1.39 bits per heavy atom. The van der Waals surface area contributed by atoms with Crippen LogP contribution in [0.1, 0.15) is 25.0 Å². The van der Waals surface area contributed by atoms with Crippen LogP contribution in [0.2, 0.25) is 0 Å². The van der Waals surface area contributed by atoms with Crippen LogP contribution < -0.4 is 10.5 Å². The summed E-state index contributed by atoms with van der Waals surface area (Å²) in [5.74, 6) is 0.865. The van der Waals surface area contributed by atoms with Crippen LogP contribution in [0.15, 0.2) is 23.4 Å². The summed E-state index contributed by atoms with van der Waals surface area (Å²) < 4.78 is 11.0. The Labute approximate surface area is 107 Å². The van der Waals surface area contributed by atoms with E-state index in [9.17, 15) is 0 Å². The topological polar surface area (TPSA) is 77.1 Å². The quantitative estimate of drug-likeness (QED) is 0.266. The molecule has 5 nitrogen and oxygen atoms in total. The number of nitrogens with two attached hydrogens (primary N) is 1. The van der Waals surface area contributed by atoms with E-state index in [4.69, 9.17) is 20.4 Å². The molecule has 0 radical (unpaired) electrons. The Balaban J connectivity index is 2.58. The first-order valence-corrected chi connectivity index (χ1v) is 5.87. The van der Waals surface area contributed by atoms with Crippen molar-refractivity contribution in [1.82, 2.24) is 0 Å². The molecule has 0 heterocycles. The van der Waals surface area contributed by atoms with Crippen molar-refractivity contribution in [3.8, 4) is 5.75 Å². The van der Waals surface area contributed by atoms with E-state index in [1.165, 1.54) is 0 Å².